The van der Waals surface area contributed by atoms with Gasteiger partial charge in [-0.3, -0.25) is 0 Å². The summed E-state index contributed by atoms with van der Waals surface area (Å²) in [5, 5.41) is 2.43. The van der Waals surface area contributed by atoms with Gasteiger partial charge in [0.05, 0.1) is 0 Å². The molecule has 0 aliphatic carbocycles. The van der Waals surface area contributed by atoms with Crippen LogP contribution >= 0.6 is 0 Å². The van der Waals surface area contributed by atoms with Crippen molar-refractivity contribution in [3.05, 3.63) is 127 Å². The van der Waals surface area contributed by atoms with Crippen molar-refractivity contribution in [1.82, 2.24) is 4.98 Å². The Bertz CT molecular complexity index is 1570. The number of anilines is 3. The van der Waals surface area contributed by atoms with Crippen molar-refractivity contribution >= 4 is 27.8 Å². The van der Waals surface area contributed by atoms with Crippen LogP contribution in [0.15, 0.2) is 97.2 Å². The average Bonchev–Trinajstić information content (AvgIpc) is 3.34. The van der Waals surface area contributed by atoms with Gasteiger partial charge in [-0.25, -0.2) is 0 Å². The molecule has 3 nitrogen and oxygen atoms in total. The molecule has 3 heterocycles. The van der Waals surface area contributed by atoms with Gasteiger partial charge in [0, 0.05) is 23.1 Å². The molecule has 0 fully saturated rings. The van der Waals surface area contributed by atoms with Crippen LogP contribution in [0.25, 0.3) is 22.0 Å². The van der Waals surface area contributed by atoms with Crippen LogP contribution in [0.3, 0.4) is 0 Å². The molecule has 39 heavy (non-hydrogen) atoms. The van der Waals surface area contributed by atoms with E-state index in [1.54, 1.807) is 6.20 Å². The van der Waals surface area contributed by atoms with Crippen molar-refractivity contribution < 1.29 is 20.1 Å². The number of pyridine rings is 1. The van der Waals surface area contributed by atoms with E-state index < -0.39 is 0 Å². The molecule has 0 radical (unpaired) electrons. The predicted octanol–water partition coefficient (Wildman–Crippen LogP) is 8.70. The monoisotopic (exact) mass is 687 g/mol. The molecule has 2 aliphatic heterocycles. The van der Waals surface area contributed by atoms with Crippen molar-refractivity contribution in [2.75, 3.05) is 9.80 Å². The van der Waals surface area contributed by atoms with Crippen molar-refractivity contribution in [1.29, 1.82) is 0 Å². The summed E-state index contributed by atoms with van der Waals surface area (Å²) in [7, 11) is 0. The Hall–Kier alpha value is -3.46. The van der Waals surface area contributed by atoms with Crippen LogP contribution in [-0.2, 0) is 25.5 Å². The summed E-state index contributed by atoms with van der Waals surface area (Å²) in [6.07, 6.45) is 1.79. The Morgan fingerprint density at radius 1 is 0.846 bits per heavy atom. The molecule has 4 heteroatoms. The van der Waals surface area contributed by atoms with E-state index in [1.807, 2.05) is 42.5 Å². The van der Waals surface area contributed by atoms with E-state index in [9.17, 15) is 0 Å². The van der Waals surface area contributed by atoms with E-state index in [-0.39, 0.29) is 31.1 Å². The van der Waals surface area contributed by atoms with Crippen molar-refractivity contribution in [2.24, 2.45) is 0 Å². The summed E-state index contributed by atoms with van der Waals surface area (Å²) in [5.74, 6) is 0. The fourth-order valence-electron chi connectivity index (χ4n) is 5.46. The van der Waals surface area contributed by atoms with Gasteiger partial charge in [-0.1, -0.05) is 61.5 Å². The zero-order valence-electron chi connectivity index (χ0n) is 23.0. The van der Waals surface area contributed by atoms with E-state index >= 15 is 0 Å². The summed E-state index contributed by atoms with van der Waals surface area (Å²) in [6, 6.07) is 38.1. The maximum Gasteiger partial charge on any atom is 3.00 e. The van der Waals surface area contributed by atoms with Gasteiger partial charge in [-0.05, 0) is 49.6 Å². The summed E-state index contributed by atoms with van der Waals surface area (Å²) in [5.41, 5.74) is 8.48. The SMILES string of the molecule is CC1(C)c2cc3ccccc3[c-]c2N2[CH-]N(C(C)(C)C)c3cccc1c32.[Ir+3].[c-]1ccccc1-c1ccccn1. The Balaban J connectivity index is 0.000000200. The number of hydrogen-bond donors (Lipinski definition) is 0. The van der Waals surface area contributed by atoms with Crippen LogP contribution in [0, 0.1) is 18.8 Å². The van der Waals surface area contributed by atoms with Crippen molar-refractivity contribution in [3.63, 3.8) is 0 Å². The van der Waals surface area contributed by atoms with E-state index in [4.69, 9.17) is 0 Å². The maximum absolute atomic E-state index is 4.22. The van der Waals surface area contributed by atoms with E-state index in [1.165, 1.54) is 39.0 Å². The second-order valence-corrected chi connectivity index (χ2v) is 11.4. The van der Waals surface area contributed by atoms with Gasteiger partial charge >= 0.3 is 20.1 Å². The summed E-state index contributed by atoms with van der Waals surface area (Å²) >= 11 is 0. The molecule has 0 bridgehead atoms. The quantitative estimate of drug-likeness (QED) is 0.165. The van der Waals surface area contributed by atoms with Gasteiger partial charge in [0.1, 0.15) is 0 Å². The molecular weight excluding hydrogens is 655 g/mol. The molecule has 0 saturated carbocycles. The molecule has 1 aromatic heterocycles. The molecule has 5 aromatic rings. The molecule has 4 aromatic carbocycles. The normalized spacial score (nSPS) is 14.6. The predicted molar refractivity (Wildman–Crippen MR) is 159 cm³/mol. The van der Waals surface area contributed by atoms with Crippen LogP contribution in [0.5, 0.6) is 0 Å². The first kappa shape index (κ1) is 27.1. The second-order valence-electron chi connectivity index (χ2n) is 11.4. The Kier molecular flexibility index (Phi) is 7.13. The molecule has 0 unspecified atom stereocenters. The third-order valence-corrected chi connectivity index (χ3v) is 7.48. The Labute approximate surface area is 245 Å². The maximum atomic E-state index is 4.22. The minimum atomic E-state index is -0.0561. The summed E-state index contributed by atoms with van der Waals surface area (Å²) in [4.78, 5) is 8.96. The third kappa shape index (κ3) is 4.77. The van der Waals surface area contributed by atoms with Gasteiger partial charge in [0.15, 0.2) is 0 Å². The molecule has 0 saturated heterocycles. The van der Waals surface area contributed by atoms with Gasteiger partial charge in [-0.15, -0.1) is 70.9 Å². The van der Waals surface area contributed by atoms with Gasteiger partial charge < -0.3 is 14.8 Å². The first-order chi connectivity index (χ1) is 18.2. The number of aromatic nitrogens is 1. The summed E-state index contributed by atoms with van der Waals surface area (Å²) in [6.45, 7) is 13.7. The first-order valence-electron chi connectivity index (χ1n) is 13.2. The van der Waals surface area contributed by atoms with Crippen molar-refractivity contribution in [3.8, 4) is 11.3 Å². The summed E-state index contributed by atoms with van der Waals surface area (Å²) < 4.78 is 0. The van der Waals surface area contributed by atoms with Crippen LogP contribution < -0.4 is 9.80 Å². The molecule has 0 N–H and O–H groups in total. The molecule has 196 valence electrons. The standard InChI is InChI=1S/C24H24N2.C11H8N.Ir/c1-23(2,3)26-15-25-21-14-17-10-7-6-9-16(17)13-19(21)24(4,5)18-11-8-12-20(26)22(18)25;1-2-6-10(7-3-1)11-8-4-5-9-12-11;/h6-13,15H,1-5H3;1-6,8-9H;/q-2;-1;+3. The fourth-order valence-corrected chi connectivity index (χ4v) is 5.46. The number of para-hydroxylation sites is 1. The van der Waals surface area contributed by atoms with Crippen LogP contribution in [0.1, 0.15) is 45.7 Å². The van der Waals surface area contributed by atoms with Gasteiger partial charge in [0.25, 0.3) is 0 Å². The third-order valence-electron chi connectivity index (χ3n) is 7.48. The molecular formula is C35H32IrN3. The molecule has 2 aliphatic rings. The van der Waals surface area contributed by atoms with Crippen molar-refractivity contribution in [2.45, 2.75) is 45.6 Å². The Morgan fingerprint density at radius 2 is 1.62 bits per heavy atom. The van der Waals surface area contributed by atoms with E-state index in [0.717, 1.165) is 11.3 Å². The second kappa shape index (κ2) is 10.3. The molecule has 0 spiro atoms. The zero-order chi connectivity index (χ0) is 26.5. The number of fused-ring (bicyclic) bond motifs is 3. The van der Waals surface area contributed by atoms with Crippen LogP contribution in [0.2, 0.25) is 0 Å². The zero-order valence-corrected chi connectivity index (χ0v) is 25.4. The number of hydrogen-bond acceptors (Lipinski definition) is 3. The Morgan fingerprint density at radius 3 is 2.33 bits per heavy atom. The first-order valence-corrected chi connectivity index (χ1v) is 13.2. The number of nitrogens with zero attached hydrogens (tertiary/aromatic N) is 3. The molecule has 7 rings (SSSR count). The minimum absolute atomic E-state index is 0. The van der Waals surface area contributed by atoms with E-state index in [0.29, 0.717) is 0 Å². The smallest absolute Gasteiger partial charge is 0.497 e. The van der Waals surface area contributed by atoms with E-state index in [2.05, 4.69) is 117 Å². The van der Waals surface area contributed by atoms with Crippen LogP contribution in [-0.4, -0.2) is 10.5 Å². The number of benzene rings is 4. The largest absolute Gasteiger partial charge is 3.00 e. The average molecular weight is 687 g/mol. The van der Waals surface area contributed by atoms with Gasteiger partial charge in [-0.2, -0.15) is 6.67 Å². The van der Waals surface area contributed by atoms with Crippen LogP contribution in [0.4, 0.5) is 17.1 Å². The number of rotatable bonds is 1. The van der Waals surface area contributed by atoms with Gasteiger partial charge in [0.2, 0.25) is 0 Å². The molecule has 0 atom stereocenters. The minimum Gasteiger partial charge on any atom is -0.497 e. The topological polar surface area (TPSA) is 19.4 Å². The fraction of sp³-hybridized carbons (Fsp3) is 0.200. The molecule has 0 amide bonds.